The van der Waals surface area contributed by atoms with Gasteiger partial charge in [0, 0.05) is 6.20 Å². The van der Waals surface area contributed by atoms with Gasteiger partial charge in [0.25, 0.3) is 5.56 Å². The second-order valence-corrected chi connectivity index (χ2v) is 3.61. The fraction of sp³-hybridized carbons (Fsp3) is 0.111. The highest BCUT2D eigenvalue weighted by Crippen LogP contribution is 2.03. The van der Waals surface area contributed by atoms with Crippen LogP contribution in [0.1, 0.15) is 5.76 Å². The summed E-state index contributed by atoms with van der Waals surface area (Å²) in [4.78, 5) is 15.4. The van der Waals surface area contributed by atoms with Gasteiger partial charge in [0.2, 0.25) is 0 Å². The second-order valence-electron chi connectivity index (χ2n) is 2.75. The molecule has 4 nitrogen and oxygen atoms in total. The molecule has 0 atom stereocenters. The van der Waals surface area contributed by atoms with Gasteiger partial charge < -0.3 is 4.42 Å². The molecule has 2 aromatic rings. The largest absolute Gasteiger partial charge is 0.467 e. The quantitative estimate of drug-likeness (QED) is 0.819. The Bertz CT molecular complexity index is 476. The van der Waals surface area contributed by atoms with E-state index in [4.69, 9.17) is 4.42 Å². The topological polar surface area (TPSA) is 48.0 Å². The van der Waals surface area contributed by atoms with Crippen molar-refractivity contribution in [2.45, 2.75) is 6.54 Å². The monoisotopic (exact) mass is 254 g/mol. The normalized spacial score (nSPS) is 10.4. The van der Waals surface area contributed by atoms with Crippen LogP contribution < -0.4 is 5.56 Å². The average molecular weight is 255 g/mol. The molecule has 14 heavy (non-hydrogen) atoms. The molecule has 0 saturated carbocycles. The number of hydrogen-bond donors (Lipinski definition) is 0. The molecule has 5 heteroatoms. The van der Waals surface area contributed by atoms with Gasteiger partial charge in [0.05, 0.1) is 19.1 Å². The van der Waals surface area contributed by atoms with Gasteiger partial charge >= 0.3 is 0 Å². The smallest absolute Gasteiger partial charge is 0.268 e. The highest BCUT2D eigenvalue weighted by atomic mass is 79.9. The molecule has 0 saturated heterocycles. The van der Waals surface area contributed by atoms with Gasteiger partial charge in [0.15, 0.2) is 0 Å². The van der Waals surface area contributed by atoms with Crippen molar-refractivity contribution in [1.29, 1.82) is 0 Å². The lowest BCUT2D eigenvalue weighted by Crippen LogP contribution is -2.20. The number of nitrogens with zero attached hydrogens (tertiary/aromatic N) is 2. The van der Waals surface area contributed by atoms with Crippen LogP contribution in [-0.2, 0) is 6.54 Å². The van der Waals surface area contributed by atoms with Gasteiger partial charge in [-0.3, -0.25) is 9.36 Å². The van der Waals surface area contributed by atoms with E-state index in [-0.39, 0.29) is 5.56 Å². The van der Waals surface area contributed by atoms with Crippen LogP contribution in [-0.4, -0.2) is 9.55 Å². The molecule has 2 aromatic heterocycles. The SMILES string of the molecule is O=c1c(Br)cncn1Cc1ccco1. The number of rotatable bonds is 2. The Hall–Kier alpha value is -1.36. The molecule has 0 N–H and O–H groups in total. The average Bonchev–Trinajstić information content (AvgIpc) is 2.66. The molecule has 0 spiro atoms. The zero-order chi connectivity index (χ0) is 9.97. The van der Waals surface area contributed by atoms with Gasteiger partial charge in [-0.2, -0.15) is 0 Å². The number of aromatic nitrogens is 2. The predicted octanol–water partition coefficient (Wildman–Crippen LogP) is 1.65. The molecule has 2 heterocycles. The van der Waals surface area contributed by atoms with E-state index in [1.54, 1.807) is 12.3 Å². The Morgan fingerprint density at radius 2 is 2.43 bits per heavy atom. The van der Waals surface area contributed by atoms with Crippen LogP contribution in [0.4, 0.5) is 0 Å². The van der Waals surface area contributed by atoms with E-state index < -0.39 is 0 Å². The molecule has 0 radical (unpaired) electrons. The van der Waals surface area contributed by atoms with Crippen LogP contribution in [0.3, 0.4) is 0 Å². The van der Waals surface area contributed by atoms with E-state index in [0.29, 0.717) is 11.0 Å². The lowest BCUT2D eigenvalue weighted by molar-refractivity contribution is 0.487. The maximum Gasteiger partial charge on any atom is 0.268 e. The highest BCUT2D eigenvalue weighted by Gasteiger charge is 2.02. The van der Waals surface area contributed by atoms with Crippen LogP contribution in [0.25, 0.3) is 0 Å². The number of hydrogen-bond acceptors (Lipinski definition) is 3. The molecule has 0 aromatic carbocycles. The van der Waals surface area contributed by atoms with E-state index >= 15 is 0 Å². The van der Waals surface area contributed by atoms with Crippen LogP contribution in [0.15, 0.2) is 44.6 Å². The molecular weight excluding hydrogens is 248 g/mol. The minimum atomic E-state index is -0.114. The van der Waals surface area contributed by atoms with Gasteiger partial charge in [-0.1, -0.05) is 0 Å². The molecule has 0 fully saturated rings. The first-order chi connectivity index (χ1) is 6.77. The van der Waals surface area contributed by atoms with Gasteiger partial charge in [-0.25, -0.2) is 4.98 Å². The summed E-state index contributed by atoms with van der Waals surface area (Å²) in [7, 11) is 0. The molecule has 72 valence electrons. The van der Waals surface area contributed by atoms with E-state index in [9.17, 15) is 4.79 Å². The summed E-state index contributed by atoms with van der Waals surface area (Å²) in [6.45, 7) is 0.401. The molecule has 2 rings (SSSR count). The van der Waals surface area contributed by atoms with Gasteiger partial charge in [-0.05, 0) is 28.1 Å². The third kappa shape index (κ3) is 1.77. The maximum absolute atomic E-state index is 11.5. The lowest BCUT2D eigenvalue weighted by atomic mass is 10.4. The first-order valence-corrected chi connectivity index (χ1v) is 4.79. The Morgan fingerprint density at radius 1 is 1.57 bits per heavy atom. The van der Waals surface area contributed by atoms with Crippen LogP contribution in [0.2, 0.25) is 0 Å². The molecule has 0 bridgehead atoms. The fourth-order valence-electron chi connectivity index (χ4n) is 1.11. The summed E-state index contributed by atoms with van der Waals surface area (Å²) in [5, 5.41) is 0. The first kappa shape index (κ1) is 9.21. The Kier molecular flexibility index (Phi) is 2.49. The molecule has 0 aliphatic carbocycles. The van der Waals surface area contributed by atoms with Crippen molar-refractivity contribution in [3.63, 3.8) is 0 Å². The van der Waals surface area contributed by atoms with Crippen LogP contribution in [0, 0.1) is 0 Å². The summed E-state index contributed by atoms with van der Waals surface area (Å²) >= 11 is 3.12. The molecule has 0 amide bonds. The molecular formula is C9H7BrN2O2. The van der Waals surface area contributed by atoms with Gasteiger partial charge in [0.1, 0.15) is 10.2 Å². The predicted molar refractivity (Wildman–Crippen MR) is 54.0 cm³/mol. The van der Waals surface area contributed by atoms with Crippen molar-refractivity contribution in [3.8, 4) is 0 Å². The number of furan rings is 1. The maximum atomic E-state index is 11.5. The molecule has 0 aliphatic rings. The van der Waals surface area contributed by atoms with Gasteiger partial charge in [-0.15, -0.1) is 0 Å². The van der Waals surface area contributed by atoms with E-state index in [1.807, 2.05) is 6.07 Å². The van der Waals surface area contributed by atoms with Crippen molar-refractivity contribution < 1.29 is 4.42 Å². The summed E-state index contributed by atoms with van der Waals surface area (Å²) < 4.78 is 7.06. The van der Waals surface area contributed by atoms with Crippen molar-refractivity contribution in [1.82, 2.24) is 9.55 Å². The van der Waals surface area contributed by atoms with Crippen LogP contribution >= 0.6 is 15.9 Å². The van der Waals surface area contributed by atoms with Crippen molar-refractivity contribution in [2.75, 3.05) is 0 Å². The zero-order valence-electron chi connectivity index (χ0n) is 7.18. The van der Waals surface area contributed by atoms with Crippen molar-refractivity contribution in [2.24, 2.45) is 0 Å². The zero-order valence-corrected chi connectivity index (χ0v) is 8.77. The van der Waals surface area contributed by atoms with E-state index in [0.717, 1.165) is 5.76 Å². The van der Waals surface area contributed by atoms with Crippen molar-refractivity contribution >= 4 is 15.9 Å². The summed E-state index contributed by atoms with van der Waals surface area (Å²) in [5.41, 5.74) is -0.114. The first-order valence-electron chi connectivity index (χ1n) is 3.99. The standard InChI is InChI=1S/C9H7BrN2O2/c10-8-4-11-6-12(9(8)13)5-7-2-1-3-14-7/h1-4,6H,5H2. The summed E-state index contributed by atoms with van der Waals surface area (Å²) in [5.74, 6) is 0.729. The minimum absolute atomic E-state index is 0.114. The van der Waals surface area contributed by atoms with Crippen molar-refractivity contribution in [3.05, 3.63) is 51.5 Å². The Balaban J connectivity index is 2.34. The second kappa shape index (κ2) is 3.79. The third-order valence-electron chi connectivity index (χ3n) is 1.77. The Morgan fingerprint density at radius 3 is 3.14 bits per heavy atom. The van der Waals surface area contributed by atoms with E-state index in [2.05, 4.69) is 20.9 Å². The lowest BCUT2D eigenvalue weighted by Gasteiger charge is -2.01. The minimum Gasteiger partial charge on any atom is -0.467 e. The summed E-state index contributed by atoms with van der Waals surface area (Å²) in [6.07, 6.45) is 4.53. The molecule has 0 aliphatic heterocycles. The number of halogens is 1. The summed E-state index contributed by atoms with van der Waals surface area (Å²) in [6, 6.07) is 3.60. The third-order valence-corrected chi connectivity index (χ3v) is 2.31. The van der Waals surface area contributed by atoms with E-state index in [1.165, 1.54) is 17.1 Å². The highest BCUT2D eigenvalue weighted by molar-refractivity contribution is 9.10. The molecule has 0 unspecified atom stereocenters. The van der Waals surface area contributed by atoms with Crippen LogP contribution in [0.5, 0.6) is 0 Å². The Labute approximate surface area is 88.3 Å². The fourth-order valence-corrected chi connectivity index (χ4v) is 1.45.